The van der Waals surface area contributed by atoms with Gasteiger partial charge in [0.1, 0.15) is 5.82 Å². The largest absolute Gasteiger partial charge is 0.457 e. The maximum absolute atomic E-state index is 12.8. The number of ketones is 1. The summed E-state index contributed by atoms with van der Waals surface area (Å²) in [5.74, 6) is -0.341. The predicted octanol–water partition coefficient (Wildman–Crippen LogP) is 2.76. The molecule has 0 N–H and O–H groups in total. The Morgan fingerprint density at radius 3 is 2.50 bits per heavy atom. The van der Waals surface area contributed by atoms with Gasteiger partial charge in [-0.25, -0.2) is 4.39 Å². The highest BCUT2D eigenvalue weighted by Gasteiger charge is 2.40. The van der Waals surface area contributed by atoms with Crippen molar-refractivity contribution in [3.8, 4) is 0 Å². The fourth-order valence-corrected chi connectivity index (χ4v) is 3.01. The van der Waals surface area contributed by atoms with E-state index < -0.39 is 5.82 Å². The van der Waals surface area contributed by atoms with E-state index in [-0.39, 0.29) is 30.2 Å². The first-order valence-corrected chi connectivity index (χ1v) is 6.77. The molecule has 1 aromatic carbocycles. The molecule has 20 heavy (non-hydrogen) atoms. The maximum atomic E-state index is 12.8. The van der Waals surface area contributed by atoms with Gasteiger partial charge in [0.2, 0.25) is 0 Å². The van der Waals surface area contributed by atoms with Crippen LogP contribution in [0.4, 0.5) is 4.39 Å². The first-order valence-electron chi connectivity index (χ1n) is 6.77. The van der Waals surface area contributed by atoms with E-state index in [2.05, 4.69) is 12.2 Å². The number of benzene rings is 1. The molecule has 0 aromatic heterocycles. The second-order valence-electron chi connectivity index (χ2n) is 5.42. The van der Waals surface area contributed by atoms with E-state index in [4.69, 9.17) is 4.74 Å². The van der Waals surface area contributed by atoms with Gasteiger partial charge in [0.15, 0.2) is 12.4 Å². The Balaban J connectivity index is 1.54. The van der Waals surface area contributed by atoms with Gasteiger partial charge in [0.25, 0.3) is 0 Å². The van der Waals surface area contributed by atoms with Crippen LogP contribution in [0.1, 0.15) is 23.2 Å². The smallest absolute Gasteiger partial charge is 0.310 e. The lowest BCUT2D eigenvalue weighted by Gasteiger charge is -2.16. The van der Waals surface area contributed by atoms with Crippen LogP contribution in [0.3, 0.4) is 0 Å². The van der Waals surface area contributed by atoms with Gasteiger partial charge in [-0.15, -0.1) is 0 Å². The lowest BCUT2D eigenvalue weighted by molar-refractivity contribution is -0.148. The number of carbonyl (C=O) groups is 2. The second-order valence-corrected chi connectivity index (χ2v) is 5.42. The number of carbonyl (C=O) groups excluding carboxylic acids is 2. The van der Waals surface area contributed by atoms with Crippen LogP contribution >= 0.6 is 0 Å². The van der Waals surface area contributed by atoms with Crippen LogP contribution in [0.2, 0.25) is 0 Å². The van der Waals surface area contributed by atoms with E-state index in [9.17, 15) is 14.0 Å². The molecule has 0 heterocycles. The summed E-state index contributed by atoms with van der Waals surface area (Å²) in [6.07, 6.45) is 6.07. The SMILES string of the molecule is O=C(COC(=O)C1CC2C=CC1C2)c1ccc(F)cc1. The zero-order chi connectivity index (χ0) is 14.1. The molecule has 0 amide bonds. The van der Waals surface area contributed by atoms with Crippen molar-refractivity contribution < 1.29 is 18.7 Å². The molecule has 1 saturated carbocycles. The molecule has 0 radical (unpaired) electrons. The first kappa shape index (κ1) is 13.0. The minimum atomic E-state index is -0.396. The van der Waals surface area contributed by atoms with Crippen molar-refractivity contribution in [1.82, 2.24) is 0 Å². The van der Waals surface area contributed by atoms with Crippen molar-refractivity contribution in [2.75, 3.05) is 6.61 Å². The van der Waals surface area contributed by atoms with Gasteiger partial charge in [0.05, 0.1) is 5.92 Å². The third-order valence-corrected chi connectivity index (χ3v) is 4.09. The molecule has 2 aliphatic carbocycles. The van der Waals surface area contributed by atoms with Crippen LogP contribution < -0.4 is 0 Å². The molecule has 2 aliphatic rings. The third kappa shape index (κ3) is 2.50. The summed E-state index contributed by atoms with van der Waals surface area (Å²) in [4.78, 5) is 23.8. The van der Waals surface area contributed by atoms with Crippen molar-refractivity contribution in [3.63, 3.8) is 0 Å². The van der Waals surface area contributed by atoms with E-state index in [1.165, 1.54) is 24.3 Å². The number of Topliss-reactive ketones (excluding diaryl/α,β-unsaturated/α-hetero) is 1. The number of hydrogen-bond acceptors (Lipinski definition) is 3. The highest BCUT2D eigenvalue weighted by molar-refractivity contribution is 5.98. The van der Waals surface area contributed by atoms with E-state index in [0.29, 0.717) is 11.5 Å². The van der Waals surface area contributed by atoms with Crippen LogP contribution in [0.5, 0.6) is 0 Å². The lowest BCUT2D eigenvalue weighted by atomic mass is 9.94. The first-order chi connectivity index (χ1) is 9.63. The van der Waals surface area contributed by atoms with E-state index >= 15 is 0 Å². The zero-order valence-corrected chi connectivity index (χ0v) is 10.9. The van der Waals surface area contributed by atoms with Gasteiger partial charge in [-0.05, 0) is 48.9 Å². The molecule has 0 saturated heterocycles. The predicted molar refractivity (Wildman–Crippen MR) is 70.5 cm³/mol. The summed E-state index contributed by atoms with van der Waals surface area (Å²) < 4.78 is 17.9. The summed E-state index contributed by atoms with van der Waals surface area (Å²) in [5.41, 5.74) is 0.354. The van der Waals surface area contributed by atoms with E-state index in [0.717, 1.165) is 12.8 Å². The zero-order valence-electron chi connectivity index (χ0n) is 10.9. The van der Waals surface area contributed by atoms with Gasteiger partial charge in [-0.1, -0.05) is 12.2 Å². The topological polar surface area (TPSA) is 43.4 Å². The molecular weight excluding hydrogens is 259 g/mol. The summed E-state index contributed by atoms with van der Waals surface area (Å²) in [7, 11) is 0. The van der Waals surface area contributed by atoms with Gasteiger partial charge < -0.3 is 4.74 Å². The molecule has 3 rings (SSSR count). The Labute approximate surface area is 116 Å². The minimum absolute atomic E-state index is 0.106. The van der Waals surface area contributed by atoms with Crippen molar-refractivity contribution >= 4 is 11.8 Å². The summed E-state index contributed by atoms with van der Waals surface area (Å²) >= 11 is 0. The molecule has 2 bridgehead atoms. The number of halogens is 1. The van der Waals surface area contributed by atoms with Gasteiger partial charge >= 0.3 is 5.97 Å². The average molecular weight is 274 g/mol. The number of allylic oxidation sites excluding steroid dienone is 2. The normalized spacial score (nSPS) is 26.8. The Morgan fingerprint density at radius 2 is 1.90 bits per heavy atom. The van der Waals surface area contributed by atoms with Crippen LogP contribution in [0.25, 0.3) is 0 Å². The van der Waals surface area contributed by atoms with Crippen molar-refractivity contribution in [2.45, 2.75) is 12.8 Å². The number of esters is 1. The molecular formula is C16H15FO3. The molecule has 104 valence electrons. The fourth-order valence-electron chi connectivity index (χ4n) is 3.01. The number of rotatable bonds is 4. The molecule has 0 spiro atoms. The molecule has 1 fully saturated rings. The van der Waals surface area contributed by atoms with Gasteiger partial charge in [-0.2, -0.15) is 0 Å². The van der Waals surface area contributed by atoms with Crippen LogP contribution in [0, 0.1) is 23.6 Å². The molecule has 1 aromatic rings. The number of ether oxygens (including phenoxy) is 1. The van der Waals surface area contributed by atoms with Crippen LogP contribution in [-0.2, 0) is 9.53 Å². The number of hydrogen-bond donors (Lipinski definition) is 0. The third-order valence-electron chi connectivity index (χ3n) is 4.09. The van der Waals surface area contributed by atoms with Crippen molar-refractivity contribution in [1.29, 1.82) is 0 Å². The van der Waals surface area contributed by atoms with Crippen molar-refractivity contribution in [2.24, 2.45) is 17.8 Å². The highest BCUT2D eigenvalue weighted by Crippen LogP contribution is 2.43. The van der Waals surface area contributed by atoms with Gasteiger partial charge in [0, 0.05) is 5.56 Å². The quantitative estimate of drug-likeness (QED) is 0.482. The fraction of sp³-hybridized carbons (Fsp3) is 0.375. The van der Waals surface area contributed by atoms with Crippen molar-refractivity contribution in [3.05, 3.63) is 47.8 Å². The Morgan fingerprint density at radius 1 is 1.15 bits per heavy atom. The second kappa shape index (κ2) is 5.19. The number of fused-ring (bicyclic) bond motifs is 2. The maximum Gasteiger partial charge on any atom is 0.310 e. The standard InChI is InChI=1S/C16H15FO3/c17-13-5-3-11(4-6-13)15(18)9-20-16(19)14-8-10-1-2-12(14)7-10/h1-6,10,12,14H,7-9H2. The average Bonchev–Trinajstić information content (AvgIpc) is 3.08. The molecule has 4 heteroatoms. The van der Waals surface area contributed by atoms with Crippen LogP contribution in [-0.4, -0.2) is 18.4 Å². The highest BCUT2D eigenvalue weighted by atomic mass is 19.1. The monoisotopic (exact) mass is 274 g/mol. The molecule has 3 atom stereocenters. The summed E-state index contributed by atoms with van der Waals surface area (Å²) in [6.45, 7) is -0.276. The lowest BCUT2D eigenvalue weighted by Crippen LogP contribution is -2.24. The molecule has 0 aliphatic heterocycles. The minimum Gasteiger partial charge on any atom is -0.457 e. The Hall–Kier alpha value is -1.97. The molecule has 3 unspecified atom stereocenters. The summed E-state index contributed by atoms with van der Waals surface area (Å²) in [6, 6.07) is 5.23. The van der Waals surface area contributed by atoms with E-state index in [1.54, 1.807) is 0 Å². The van der Waals surface area contributed by atoms with Gasteiger partial charge in [-0.3, -0.25) is 9.59 Å². The Bertz CT molecular complexity index is 562. The van der Waals surface area contributed by atoms with Crippen LogP contribution in [0.15, 0.2) is 36.4 Å². The van der Waals surface area contributed by atoms with E-state index in [1.807, 2.05) is 0 Å². The summed E-state index contributed by atoms with van der Waals surface area (Å²) in [5, 5.41) is 0. The Kier molecular flexibility index (Phi) is 3.38. The molecule has 3 nitrogen and oxygen atoms in total.